The number of fused-ring (bicyclic) bond motifs is 1. The maximum atomic E-state index is 14.9. The van der Waals surface area contributed by atoms with Crippen LogP contribution >= 0.6 is 0 Å². The Hall–Kier alpha value is -0.930. The van der Waals surface area contributed by atoms with Crippen LogP contribution in [0.2, 0.25) is 0 Å². The van der Waals surface area contributed by atoms with Crippen molar-refractivity contribution in [3.63, 3.8) is 0 Å². The van der Waals surface area contributed by atoms with Crippen molar-refractivity contribution in [3.8, 4) is 0 Å². The third-order valence-electron chi connectivity index (χ3n) is 8.10. The Morgan fingerprint density at radius 1 is 1.03 bits per heavy atom. The minimum absolute atomic E-state index is 0.0942. The average molecular weight is 416 g/mol. The highest BCUT2D eigenvalue weighted by molar-refractivity contribution is 5.29. The normalized spacial score (nSPS) is 33.4. The van der Waals surface area contributed by atoms with Crippen molar-refractivity contribution in [2.45, 2.75) is 109 Å². The van der Waals surface area contributed by atoms with Gasteiger partial charge in [0.1, 0.15) is 12.0 Å². The molecular formula is C27H42FNO. The van der Waals surface area contributed by atoms with E-state index >= 15 is 0 Å². The van der Waals surface area contributed by atoms with Gasteiger partial charge in [0.25, 0.3) is 0 Å². The summed E-state index contributed by atoms with van der Waals surface area (Å²) < 4.78 is 20.7. The summed E-state index contributed by atoms with van der Waals surface area (Å²) in [5.41, 5.74) is 1.76. The zero-order valence-corrected chi connectivity index (χ0v) is 19.4. The highest BCUT2D eigenvalue weighted by atomic mass is 19.1. The minimum Gasteiger partial charge on any atom is -0.357 e. The smallest absolute Gasteiger partial charge is 0.137 e. The number of hydrogen-bond donors (Lipinski definition) is 1. The number of rotatable bonds is 7. The number of benzene rings is 1. The molecule has 30 heavy (non-hydrogen) atoms. The Kier molecular flexibility index (Phi) is 7.19. The predicted octanol–water partition coefficient (Wildman–Crippen LogP) is 7.49. The molecule has 0 aromatic heterocycles. The van der Waals surface area contributed by atoms with E-state index in [1.165, 1.54) is 76.2 Å². The summed E-state index contributed by atoms with van der Waals surface area (Å²) in [6.07, 6.45) is 14.8. The molecule has 0 spiro atoms. The Labute approximate surface area is 183 Å². The van der Waals surface area contributed by atoms with E-state index in [4.69, 9.17) is 4.74 Å². The molecule has 1 heterocycles. The largest absolute Gasteiger partial charge is 0.357 e. The first kappa shape index (κ1) is 22.3. The first-order valence-corrected chi connectivity index (χ1v) is 12.6. The summed E-state index contributed by atoms with van der Waals surface area (Å²) in [6.45, 7) is 7.10. The summed E-state index contributed by atoms with van der Waals surface area (Å²) in [5.74, 6) is 3.18. The van der Waals surface area contributed by atoms with E-state index in [0.717, 1.165) is 17.8 Å². The fourth-order valence-corrected chi connectivity index (χ4v) is 6.32. The zero-order valence-electron chi connectivity index (χ0n) is 19.4. The number of halogens is 1. The number of ether oxygens (including phenoxy) is 1. The monoisotopic (exact) mass is 415 g/mol. The van der Waals surface area contributed by atoms with E-state index in [1.54, 1.807) is 6.07 Å². The van der Waals surface area contributed by atoms with E-state index < -0.39 is 0 Å². The Morgan fingerprint density at radius 3 is 2.57 bits per heavy atom. The van der Waals surface area contributed by atoms with Crippen LogP contribution in [0.4, 0.5) is 4.39 Å². The Morgan fingerprint density at radius 2 is 1.83 bits per heavy atom. The summed E-state index contributed by atoms with van der Waals surface area (Å²) >= 11 is 0. The molecule has 0 radical (unpaired) electrons. The second-order valence-corrected chi connectivity index (χ2v) is 11.1. The summed E-state index contributed by atoms with van der Waals surface area (Å²) in [6, 6.07) is 5.93. The van der Waals surface area contributed by atoms with E-state index in [1.807, 2.05) is 6.07 Å². The fourth-order valence-electron chi connectivity index (χ4n) is 6.32. The van der Waals surface area contributed by atoms with Crippen molar-refractivity contribution in [2.75, 3.05) is 6.61 Å². The molecule has 0 bridgehead atoms. The van der Waals surface area contributed by atoms with E-state index in [2.05, 4.69) is 32.2 Å². The highest BCUT2D eigenvalue weighted by Crippen LogP contribution is 2.48. The van der Waals surface area contributed by atoms with Gasteiger partial charge in [0.05, 0.1) is 6.61 Å². The lowest BCUT2D eigenvalue weighted by Gasteiger charge is -2.42. The maximum Gasteiger partial charge on any atom is 0.137 e. The molecule has 5 unspecified atom stereocenters. The molecule has 2 saturated carbocycles. The molecule has 3 aliphatic rings. The van der Waals surface area contributed by atoms with Crippen LogP contribution in [-0.4, -0.2) is 12.1 Å². The molecule has 3 heteroatoms. The van der Waals surface area contributed by atoms with Gasteiger partial charge in [-0.15, -0.1) is 0 Å². The third-order valence-corrected chi connectivity index (χ3v) is 8.10. The van der Waals surface area contributed by atoms with Crippen molar-refractivity contribution in [1.29, 1.82) is 0 Å². The van der Waals surface area contributed by atoms with Crippen LogP contribution in [0.1, 0.15) is 115 Å². The lowest BCUT2D eigenvalue weighted by Crippen LogP contribution is -2.36. The summed E-state index contributed by atoms with van der Waals surface area (Å²) in [7, 11) is 0. The molecule has 4 rings (SSSR count). The van der Waals surface area contributed by atoms with Crippen LogP contribution in [-0.2, 0) is 4.74 Å². The number of unbranched alkanes of at least 4 members (excludes halogenated alkanes) is 3. The topological polar surface area (TPSA) is 21.3 Å². The maximum absolute atomic E-state index is 14.9. The van der Waals surface area contributed by atoms with Gasteiger partial charge >= 0.3 is 0 Å². The van der Waals surface area contributed by atoms with Gasteiger partial charge in [0.2, 0.25) is 0 Å². The van der Waals surface area contributed by atoms with Gasteiger partial charge in [-0.1, -0.05) is 57.6 Å². The molecular weight excluding hydrogens is 373 g/mol. The van der Waals surface area contributed by atoms with Gasteiger partial charge < -0.3 is 4.74 Å². The lowest BCUT2D eigenvalue weighted by molar-refractivity contribution is 0.0958. The van der Waals surface area contributed by atoms with Crippen molar-refractivity contribution < 1.29 is 9.13 Å². The van der Waals surface area contributed by atoms with Crippen molar-refractivity contribution in [2.24, 2.45) is 17.8 Å². The standard InChI is InChI=1S/C27H42FNO/c1-4-5-6-7-8-19-9-10-21-16-22(12-11-20(21)15-19)23-13-14-24(25(28)17-23)26-29-27(2,3)18-30-26/h13-14,17,19-22,26,29H,4-12,15-16,18H2,1-3H3. The molecule has 2 nitrogen and oxygen atoms in total. The van der Waals surface area contributed by atoms with Gasteiger partial charge in [-0.05, 0) is 81.3 Å². The number of nitrogens with one attached hydrogen (secondary N) is 1. The summed E-state index contributed by atoms with van der Waals surface area (Å²) in [4.78, 5) is 0. The van der Waals surface area contributed by atoms with Crippen LogP contribution in [0.15, 0.2) is 18.2 Å². The van der Waals surface area contributed by atoms with Crippen LogP contribution < -0.4 is 5.32 Å². The van der Waals surface area contributed by atoms with Crippen LogP contribution in [0.5, 0.6) is 0 Å². The van der Waals surface area contributed by atoms with Gasteiger partial charge in [0, 0.05) is 11.1 Å². The average Bonchev–Trinajstić information content (AvgIpc) is 3.10. The van der Waals surface area contributed by atoms with Crippen LogP contribution in [0.3, 0.4) is 0 Å². The number of hydrogen-bond acceptors (Lipinski definition) is 2. The molecule has 1 saturated heterocycles. The predicted molar refractivity (Wildman–Crippen MR) is 122 cm³/mol. The molecule has 1 aromatic carbocycles. The molecule has 1 aromatic rings. The van der Waals surface area contributed by atoms with Crippen LogP contribution in [0, 0.1) is 23.6 Å². The van der Waals surface area contributed by atoms with E-state index in [-0.39, 0.29) is 17.6 Å². The van der Waals surface area contributed by atoms with Crippen molar-refractivity contribution in [3.05, 3.63) is 35.1 Å². The quantitative estimate of drug-likeness (QED) is 0.466. The third kappa shape index (κ3) is 5.27. The first-order valence-electron chi connectivity index (χ1n) is 12.6. The molecule has 0 amide bonds. The SMILES string of the molecule is CCCCCCC1CCC2CC(c3ccc(C4NC(C)(C)CO4)c(F)c3)CCC2C1. The van der Waals surface area contributed by atoms with Crippen molar-refractivity contribution >= 4 is 0 Å². The lowest BCUT2D eigenvalue weighted by atomic mass is 9.63. The molecule has 3 fully saturated rings. The van der Waals surface area contributed by atoms with Crippen LogP contribution in [0.25, 0.3) is 0 Å². The molecule has 168 valence electrons. The Balaban J connectivity index is 1.31. The minimum atomic E-state index is -0.322. The zero-order chi connectivity index (χ0) is 21.1. The van der Waals surface area contributed by atoms with Gasteiger partial charge in [-0.3, -0.25) is 5.32 Å². The van der Waals surface area contributed by atoms with Gasteiger partial charge in [-0.25, -0.2) is 4.39 Å². The molecule has 1 aliphatic heterocycles. The summed E-state index contributed by atoms with van der Waals surface area (Å²) in [5, 5.41) is 3.39. The highest BCUT2D eigenvalue weighted by Gasteiger charge is 2.37. The van der Waals surface area contributed by atoms with E-state index in [9.17, 15) is 4.39 Å². The fraction of sp³-hybridized carbons (Fsp3) is 0.778. The molecule has 2 aliphatic carbocycles. The molecule has 5 atom stereocenters. The van der Waals surface area contributed by atoms with Gasteiger partial charge in [-0.2, -0.15) is 0 Å². The second-order valence-electron chi connectivity index (χ2n) is 11.1. The van der Waals surface area contributed by atoms with E-state index in [0.29, 0.717) is 18.1 Å². The molecule has 1 N–H and O–H groups in total. The Bertz CT molecular complexity index is 702. The van der Waals surface area contributed by atoms with Gasteiger partial charge in [0.15, 0.2) is 0 Å². The second kappa shape index (κ2) is 9.69. The first-order chi connectivity index (χ1) is 14.4. The van der Waals surface area contributed by atoms with Crippen molar-refractivity contribution in [1.82, 2.24) is 5.32 Å².